The van der Waals surface area contributed by atoms with Crippen LogP contribution >= 0.6 is 0 Å². The summed E-state index contributed by atoms with van der Waals surface area (Å²) >= 11 is 0. The third kappa shape index (κ3) is 3.19. The monoisotopic (exact) mass is 442 g/mol. The highest BCUT2D eigenvalue weighted by atomic mass is 16.7. The summed E-state index contributed by atoms with van der Waals surface area (Å²) in [6, 6.07) is 0. The predicted octanol–water partition coefficient (Wildman–Crippen LogP) is -1.88. The molecule has 11 atom stereocenters. The second-order valence-electron chi connectivity index (χ2n) is 9.49. The molecule has 174 valence electrons. The van der Waals surface area contributed by atoms with Gasteiger partial charge in [0.05, 0.1) is 30.7 Å². The molecule has 2 aliphatic heterocycles. The summed E-state index contributed by atoms with van der Waals surface area (Å²) in [6.45, 7) is 4.68. The lowest BCUT2D eigenvalue weighted by molar-refractivity contribution is -0.299. The quantitative estimate of drug-likeness (QED) is 0.241. The third-order valence-electron chi connectivity index (χ3n) is 7.53. The minimum Gasteiger partial charge on any atom is -0.454 e. The fourth-order valence-corrected chi connectivity index (χ4v) is 5.81. The molecule has 10 nitrogen and oxygen atoms in total. The van der Waals surface area contributed by atoms with E-state index in [1.54, 1.807) is 6.92 Å². The summed E-state index contributed by atoms with van der Waals surface area (Å²) in [7, 11) is 0. The van der Waals surface area contributed by atoms with Crippen LogP contribution in [0.15, 0.2) is 11.6 Å². The first kappa shape index (κ1) is 22.8. The van der Waals surface area contributed by atoms with Gasteiger partial charge in [0.1, 0.15) is 24.4 Å². The number of rotatable bonds is 5. The van der Waals surface area contributed by atoms with Crippen LogP contribution in [-0.4, -0.2) is 93.4 Å². The van der Waals surface area contributed by atoms with Gasteiger partial charge in [0.15, 0.2) is 18.2 Å². The predicted molar refractivity (Wildman–Crippen MR) is 102 cm³/mol. The third-order valence-corrected chi connectivity index (χ3v) is 7.53. The van der Waals surface area contributed by atoms with Crippen molar-refractivity contribution in [3.63, 3.8) is 0 Å². The normalized spacial score (nSPS) is 49.3. The van der Waals surface area contributed by atoms with Gasteiger partial charge in [-0.1, -0.05) is 19.9 Å². The number of ketones is 1. The maximum absolute atomic E-state index is 13.4. The Bertz CT molecular complexity index is 778. The standard InChI is InChI=1S/C21H30O10/c1-7(2)11-12-13-9(23)4-8(21(13,3)18(27)17(11)31-19(12)28)6-29-20-16(26)15(25)14(24)10(5-22)30-20/h4,7,9-17,20,22-26H,5-6H2,1-3H3/t9-,10-,11+,12-,13+,14-,15+,16-,17+,20-,21+/m1/s1. The van der Waals surface area contributed by atoms with E-state index in [1.165, 1.54) is 6.08 Å². The number of carbonyl (C=O) groups is 2. The van der Waals surface area contributed by atoms with Gasteiger partial charge in [0.2, 0.25) is 0 Å². The molecule has 4 aliphatic rings. The number of Topliss-reactive ketones (excluding diaryl/α,β-unsaturated/α-hetero) is 1. The van der Waals surface area contributed by atoms with E-state index in [9.17, 15) is 35.1 Å². The van der Waals surface area contributed by atoms with Gasteiger partial charge in [-0.25, -0.2) is 0 Å². The number of aliphatic hydroxyl groups is 5. The number of hydrogen-bond acceptors (Lipinski definition) is 10. The van der Waals surface area contributed by atoms with Crippen LogP contribution in [0, 0.1) is 29.1 Å². The summed E-state index contributed by atoms with van der Waals surface area (Å²) in [5.74, 6) is -2.38. The molecule has 2 bridgehead atoms. The van der Waals surface area contributed by atoms with Gasteiger partial charge in [-0.3, -0.25) is 9.59 Å². The largest absolute Gasteiger partial charge is 0.454 e. The van der Waals surface area contributed by atoms with Crippen molar-refractivity contribution in [1.82, 2.24) is 0 Å². The Morgan fingerprint density at radius 1 is 1.13 bits per heavy atom. The molecule has 0 aromatic carbocycles. The highest BCUT2D eigenvalue weighted by Gasteiger charge is 2.69. The van der Waals surface area contributed by atoms with E-state index < -0.39 is 72.7 Å². The van der Waals surface area contributed by atoms with Crippen LogP contribution in [0.5, 0.6) is 0 Å². The summed E-state index contributed by atoms with van der Waals surface area (Å²) < 4.78 is 16.4. The van der Waals surface area contributed by atoms with E-state index in [-0.39, 0.29) is 24.2 Å². The number of aliphatic hydroxyl groups excluding tert-OH is 5. The van der Waals surface area contributed by atoms with Crippen LogP contribution in [0.2, 0.25) is 0 Å². The number of fused-ring (bicyclic) bond motifs is 4. The Kier molecular flexibility index (Phi) is 5.79. The Labute approximate surface area is 179 Å². The first-order valence-corrected chi connectivity index (χ1v) is 10.6. The molecule has 2 heterocycles. The molecular weight excluding hydrogens is 412 g/mol. The average Bonchev–Trinajstić information content (AvgIpc) is 3.16. The van der Waals surface area contributed by atoms with Crippen molar-refractivity contribution in [1.29, 1.82) is 0 Å². The van der Waals surface area contributed by atoms with Crippen molar-refractivity contribution >= 4 is 11.8 Å². The van der Waals surface area contributed by atoms with Gasteiger partial charge in [0.25, 0.3) is 0 Å². The number of carbonyl (C=O) groups excluding carboxylic acids is 2. The van der Waals surface area contributed by atoms with Crippen LogP contribution in [-0.2, 0) is 23.8 Å². The Morgan fingerprint density at radius 3 is 2.42 bits per heavy atom. The molecule has 4 rings (SSSR count). The van der Waals surface area contributed by atoms with Crippen LogP contribution < -0.4 is 0 Å². The molecule has 3 fully saturated rings. The topological polar surface area (TPSA) is 163 Å². The summed E-state index contributed by atoms with van der Waals surface area (Å²) in [6.07, 6.45) is -7.62. The fraction of sp³-hybridized carbons (Fsp3) is 0.810. The Balaban J connectivity index is 1.56. The minimum atomic E-state index is -1.59. The van der Waals surface area contributed by atoms with Crippen molar-refractivity contribution in [2.45, 2.75) is 63.7 Å². The molecule has 0 aromatic rings. The number of ether oxygens (including phenoxy) is 3. The molecule has 0 unspecified atom stereocenters. The van der Waals surface area contributed by atoms with Gasteiger partial charge in [-0.2, -0.15) is 0 Å². The first-order valence-electron chi connectivity index (χ1n) is 10.6. The first-order chi connectivity index (χ1) is 14.5. The zero-order chi connectivity index (χ0) is 22.8. The molecule has 0 aromatic heterocycles. The molecule has 10 heteroatoms. The smallest absolute Gasteiger partial charge is 0.310 e. The zero-order valence-corrected chi connectivity index (χ0v) is 17.6. The van der Waals surface area contributed by atoms with Gasteiger partial charge in [-0.05, 0) is 18.4 Å². The van der Waals surface area contributed by atoms with Gasteiger partial charge in [-0.15, -0.1) is 0 Å². The zero-order valence-electron chi connectivity index (χ0n) is 17.6. The van der Waals surface area contributed by atoms with Crippen molar-refractivity contribution in [2.24, 2.45) is 29.1 Å². The maximum atomic E-state index is 13.4. The molecule has 1 saturated carbocycles. The lowest BCUT2D eigenvalue weighted by Crippen LogP contribution is -2.59. The van der Waals surface area contributed by atoms with Crippen LogP contribution in [0.1, 0.15) is 20.8 Å². The molecule has 0 spiro atoms. The highest BCUT2D eigenvalue weighted by molar-refractivity contribution is 5.99. The van der Waals surface area contributed by atoms with Crippen molar-refractivity contribution in [3.8, 4) is 0 Å². The summed E-state index contributed by atoms with van der Waals surface area (Å²) in [5, 5.41) is 50.1. The molecule has 2 aliphatic carbocycles. The van der Waals surface area contributed by atoms with E-state index in [1.807, 2.05) is 13.8 Å². The number of hydrogen-bond donors (Lipinski definition) is 5. The van der Waals surface area contributed by atoms with Crippen LogP contribution in [0.4, 0.5) is 0 Å². The van der Waals surface area contributed by atoms with Crippen molar-refractivity contribution in [2.75, 3.05) is 13.2 Å². The van der Waals surface area contributed by atoms with E-state index in [4.69, 9.17) is 14.2 Å². The number of esters is 1. The molecule has 5 N–H and O–H groups in total. The molecule has 31 heavy (non-hydrogen) atoms. The van der Waals surface area contributed by atoms with Gasteiger partial charge < -0.3 is 39.7 Å². The van der Waals surface area contributed by atoms with Gasteiger partial charge in [0, 0.05) is 11.8 Å². The molecule has 0 radical (unpaired) electrons. The van der Waals surface area contributed by atoms with Crippen LogP contribution in [0.3, 0.4) is 0 Å². The van der Waals surface area contributed by atoms with Crippen molar-refractivity contribution < 1.29 is 49.3 Å². The Hall–Kier alpha value is -1.40. The molecule has 0 amide bonds. The lowest BCUT2D eigenvalue weighted by Gasteiger charge is -2.45. The molecule has 2 saturated heterocycles. The summed E-state index contributed by atoms with van der Waals surface area (Å²) in [5.41, 5.74) is -0.761. The van der Waals surface area contributed by atoms with E-state index in [2.05, 4.69) is 0 Å². The van der Waals surface area contributed by atoms with Gasteiger partial charge >= 0.3 is 5.97 Å². The Morgan fingerprint density at radius 2 is 1.81 bits per heavy atom. The maximum Gasteiger partial charge on any atom is 0.310 e. The second-order valence-corrected chi connectivity index (χ2v) is 9.49. The average molecular weight is 442 g/mol. The second kappa shape index (κ2) is 7.87. The molecular formula is C21H30O10. The SMILES string of the molecule is CC(C)[C@H]1[C@H]2C(=O)O[C@@H]1C(=O)[C@@]1(C)C(CO[C@@H]3O[C@H](CO)[C@@H](O)[C@H](O)[C@H]3O)=C[C@@H](O)[C@@H]21. The van der Waals surface area contributed by atoms with E-state index >= 15 is 0 Å². The minimum absolute atomic E-state index is 0.0107. The van der Waals surface area contributed by atoms with E-state index in [0.29, 0.717) is 5.57 Å². The van der Waals surface area contributed by atoms with Crippen LogP contribution in [0.25, 0.3) is 0 Å². The summed E-state index contributed by atoms with van der Waals surface area (Å²) in [4.78, 5) is 26.0. The van der Waals surface area contributed by atoms with E-state index in [0.717, 1.165) is 0 Å². The fourth-order valence-electron chi connectivity index (χ4n) is 5.81. The highest BCUT2D eigenvalue weighted by Crippen LogP contribution is 2.59. The van der Waals surface area contributed by atoms with Crippen molar-refractivity contribution in [3.05, 3.63) is 11.6 Å². The lowest BCUT2D eigenvalue weighted by atomic mass is 9.55.